The zero-order chi connectivity index (χ0) is 7.90. The lowest BCUT2D eigenvalue weighted by atomic mass is 9.92. The molecular formula is C8H8O3. The summed E-state index contributed by atoms with van der Waals surface area (Å²) in [5.41, 5.74) is -1.08. The number of fused-ring (bicyclic) bond motifs is 1. The SMILES string of the molecule is O=C1CC2(O)C=CC=CC2O1. The average Bonchev–Trinajstić information content (AvgIpc) is 2.22. The summed E-state index contributed by atoms with van der Waals surface area (Å²) in [6.45, 7) is 0. The van der Waals surface area contributed by atoms with E-state index in [4.69, 9.17) is 4.74 Å². The molecule has 3 heteroatoms. The van der Waals surface area contributed by atoms with Gasteiger partial charge in [0.2, 0.25) is 0 Å². The van der Waals surface area contributed by atoms with E-state index in [-0.39, 0.29) is 12.4 Å². The van der Waals surface area contributed by atoms with Crippen molar-refractivity contribution in [2.75, 3.05) is 0 Å². The molecule has 11 heavy (non-hydrogen) atoms. The average molecular weight is 152 g/mol. The second-order valence-electron chi connectivity index (χ2n) is 2.82. The van der Waals surface area contributed by atoms with E-state index in [1.54, 1.807) is 24.3 Å². The summed E-state index contributed by atoms with van der Waals surface area (Å²) >= 11 is 0. The van der Waals surface area contributed by atoms with Crippen molar-refractivity contribution in [1.29, 1.82) is 0 Å². The summed E-state index contributed by atoms with van der Waals surface area (Å²) in [6.07, 6.45) is 6.36. The Kier molecular flexibility index (Phi) is 1.17. The van der Waals surface area contributed by atoms with Gasteiger partial charge in [-0.1, -0.05) is 12.2 Å². The molecule has 2 aliphatic rings. The van der Waals surface area contributed by atoms with Gasteiger partial charge >= 0.3 is 5.97 Å². The molecule has 0 amide bonds. The van der Waals surface area contributed by atoms with Crippen LogP contribution in [-0.4, -0.2) is 22.8 Å². The van der Waals surface area contributed by atoms with Crippen LogP contribution in [0.3, 0.4) is 0 Å². The number of aliphatic hydroxyl groups is 1. The van der Waals surface area contributed by atoms with Gasteiger partial charge in [-0.2, -0.15) is 0 Å². The summed E-state index contributed by atoms with van der Waals surface area (Å²) < 4.78 is 4.84. The lowest BCUT2D eigenvalue weighted by Gasteiger charge is -2.22. The standard InChI is InChI=1S/C8H8O3/c9-7-5-8(10)4-2-1-3-6(8)11-7/h1-4,6,10H,5H2. The largest absolute Gasteiger partial charge is 0.455 e. The van der Waals surface area contributed by atoms with Gasteiger partial charge in [-0.05, 0) is 12.2 Å². The van der Waals surface area contributed by atoms with Crippen LogP contribution in [-0.2, 0) is 9.53 Å². The first-order valence-corrected chi connectivity index (χ1v) is 3.49. The van der Waals surface area contributed by atoms with Gasteiger partial charge in [0, 0.05) is 0 Å². The predicted molar refractivity (Wildman–Crippen MR) is 37.7 cm³/mol. The number of allylic oxidation sites excluding steroid dienone is 2. The number of carbonyl (C=O) groups excluding carboxylic acids is 1. The van der Waals surface area contributed by atoms with Crippen LogP contribution >= 0.6 is 0 Å². The minimum atomic E-state index is -1.08. The normalized spacial score (nSPS) is 40.5. The van der Waals surface area contributed by atoms with E-state index in [1.807, 2.05) is 0 Å². The Bertz CT molecular complexity index is 254. The molecule has 2 atom stereocenters. The molecule has 1 fully saturated rings. The molecule has 0 aromatic carbocycles. The Morgan fingerprint density at radius 2 is 2.45 bits per heavy atom. The second-order valence-corrected chi connectivity index (χ2v) is 2.82. The fourth-order valence-corrected chi connectivity index (χ4v) is 1.36. The highest BCUT2D eigenvalue weighted by molar-refractivity contribution is 5.75. The third-order valence-corrected chi connectivity index (χ3v) is 1.96. The van der Waals surface area contributed by atoms with Crippen LogP contribution < -0.4 is 0 Å². The van der Waals surface area contributed by atoms with Crippen LogP contribution in [0, 0.1) is 0 Å². The summed E-state index contributed by atoms with van der Waals surface area (Å²) in [5, 5.41) is 9.70. The van der Waals surface area contributed by atoms with Crippen molar-refractivity contribution in [2.24, 2.45) is 0 Å². The Hall–Kier alpha value is -1.09. The molecule has 0 saturated carbocycles. The number of carbonyl (C=O) groups is 1. The topological polar surface area (TPSA) is 46.5 Å². The fourth-order valence-electron chi connectivity index (χ4n) is 1.36. The monoisotopic (exact) mass is 152 g/mol. The molecule has 1 aliphatic heterocycles. The van der Waals surface area contributed by atoms with E-state index in [0.717, 1.165) is 0 Å². The molecule has 1 heterocycles. The molecular weight excluding hydrogens is 144 g/mol. The molecule has 0 aromatic heterocycles. The Labute approximate surface area is 64.0 Å². The molecule has 1 saturated heterocycles. The van der Waals surface area contributed by atoms with Gasteiger partial charge in [-0.15, -0.1) is 0 Å². The number of ether oxygens (including phenoxy) is 1. The molecule has 2 rings (SSSR count). The van der Waals surface area contributed by atoms with Crippen LogP contribution in [0.2, 0.25) is 0 Å². The van der Waals surface area contributed by atoms with E-state index < -0.39 is 11.7 Å². The molecule has 0 radical (unpaired) electrons. The predicted octanol–water partition coefficient (Wildman–Crippen LogP) is 0.159. The molecule has 1 aliphatic carbocycles. The third kappa shape index (κ3) is 0.886. The van der Waals surface area contributed by atoms with Gasteiger partial charge in [-0.3, -0.25) is 4.79 Å². The van der Waals surface area contributed by atoms with E-state index in [1.165, 1.54) is 0 Å². The van der Waals surface area contributed by atoms with Crippen LogP contribution in [0.5, 0.6) is 0 Å². The van der Waals surface area contributed by atoms with Gasteiger partial charge in [0.1, 0.15) is 5.60 Å². The minimum Gasteiger partial charge on any atom is -0.455 e. The van der Waals surface area contributed by atoms with Crippen molar-refractivity contribution < 1.29 is 14.6 Å². The Morgan fingerprint density at radius 3 is 3.18 bits per heavy atom. The van der Waals surface area contributed by atoms with Crippen LogP contribution in [0.25, 0.3) is 0 Å². The number of esters is 1. The van der Waals surface area contributed by atoms with Crippen molar-refractivity contribution in [1.82, 2.24) is 0 Å². The quantitative estimate of drug-likeness (QED) is 0.503. The Morgan fingerprint density at radius 1 is 1.64 bits per heavy atom. The van der Waals surface area contributed by atoms with Gasteiger partial charge in [0.05, 0.1) is 6.42 Å². The van der Waals surface area contributed by atoms with Crippen molar-refractivity contribution in [2.45, 2.75) is 18.1 Å². The van der Waals surface area contributed by atoms with Crippen LogP contribution in [0.1, 0.15) is 6.42 Å². The first-order valence-electron chi connectivity index (χ1n) is 3.49. The first-order chi connectivity index (χ1) is 5.21. The van der Waals surface area contributed by atoms with Gasteiger partial charge in [0.25, 0.3) is 0 Å². The zero-order valence-corrected chi connectivity index (χ0v) is 5.86. The fraction of sp³-hybridized carbons (Fsp3) is 0.375. The molecule has 58 valence electrons. The number of hydrogen-bond donors (Lipinski definition) is 1. The maximum atomic E-state index is 10.8. The summed E-state index contributed by atoms with van der Waals surface area (Å²) in [7, 11) is 0. The van der Waals surface area contributed by atoms with Gasteiger partial charge in [-0.25, -0.2) is 0 Å². The molecule has 0 aromatic rings. The molecule has 3 nitrogen and oxygen atoms in total. The van der Waals surface area contributed by atoms with Crippen LogP contribution in [0.15, 0.2) is 24.3 Å². The molecule has 0 spiro atoms. The molecule has 0 bridgehead atoms. The summed E-state index contributed by atoms with van der Waals surface area (Å²) in [5.74, 6) is -0.339. The maximum Gasteiger partial charge on any atom is 0.309 e. The maximum absolute atomic E-state index is 10.8. The second kappa shape index (κ2) is 1.95. The van der Waals surface area contributed by atoms with E-state index in [9.17, 15) is 9.90 Å². The third-order valence-electron chi connectivity index (χ3n) is 1.96. The van der Waals surface area contributed by atoms with E-state index >= 15 is 0 Å². The van der Waals surface area contributed by atoms with Crippen molar-refractivity contribution >= 4 is 5.97 Å². The lowest BCUT2D eigenvalue weighted by Crippen LogP contribution is -2.35. The summed E-state index contributed by atoms with van der Waals surface area (Å²) in [6, 6.07) is 0. The van der Waals surface area contributed by atoms with E-state index in [2.05, 4.69) is 0 Å². The van der Waals surface area contributed by atoms with Crippen molar-refractivity contribution in [3.8, 4) is 0 Å². The summed E-state index contributed by atoms with van der Waals surface area (Å²) in [4.78, 5) is 10.8. The highest BCUT2D eigenvalue weighted by atomic mass is 16.6. The number of hydrogen-bond acceptors (Lipinski definition) is 3. The van der Waals surface area contributed by atoms with Gasteiger partial charge in [0.15, 0.2) is 6.10 Å². The van der Waals surface area contributed by atoms with Gasteiger partial charge < -0.3 is 9.84 Å². The van der Waals surface area contributed by atoms with E-state index in [0.29, 0.717) is 0 Å². The smallest absolute Gasteiger partial charge is 0.309 e. The highest BCUT2D eigenvalue weighted by Crippen LogP contribution is 2.31. The molecule has 1 N–H and O–H groups in total. The van der Waals surface area contributed by atoms with Crippen molar-refractivity contribution in [3.05, 3.63) is 24.3 Å². The lowest BCUT2D eigenvalue weighted by molar-refractivity contribution is -0.140. The van der Waals surface area contributed by atoms with Crippen LogP contribution in [0.4, 0.5) is 0 Å². The zero-order valence-electron chi connectivity index (χ0n) is 5.86. The first kappa shape index (κ1) is 6.61. The number of rotatable bonds is 0. The minimum absolute atomic E-state index is 0.0680. The molecule has 2 unspecified atom stereocenters. The Balaban J connectivity index is 2.34. The highest BCUT2D eigenvalue weighted by Gasteiger charge is 2.45. The van der Waals surface area contributed by atoms with Crippen molar-refractivity contribution in [3.63, 3.8) is 0 Å².